The Kier molecular flexibility index (Phi) is 6.24. The maximum absolute atomic E-state index is 13.6. The molecule has 0 bridgehead atoms. The fraction of sp³-hybridized carbons (Fsp3) is 0.105. The van der Waals surface area contributed by atoms with Crippen LogP contribution in [0.5, 0.6) is 0 Å². The SMILES string of the molecule is O=C(c1ccc(Cl)c(Cl)c1)c1cc(C(=O)CBr)c2cc(Cl)cc(C(F)(F)F)c2n1. The van der Waals surface area contributed by atoms with Crippen LogP contribution in [0.4, 0.5) is 13.2 Å². The molecule has 29 heavy (non-hydrogen) atoms. The van der Waals surface area contributed by atoms with Gasteiger partial charge in [0.2, 0.25) is 5.78 Å². The lowest BCUT2D eigenvalue weighted by Gasteiger charge is -2.14. The monoisotopic (exact) mass is 523 g/mol. The Morgan fingerprint density at radius 2 is 1.69 bits per heavy atom. The molecule has 3 aromatic rings. The van der Waals surface area contributed by atoms with Crippen molar-refractivity contribution in [1.29, 1.82) is 0 Å². The number of alkyl halides is 4. The number of Topliss-reactive ketones (excluding diaryl/α,β-unsaturated/α-hetero) is 1. The van der Waals surface area contributed by atoms with Crippen LogP contribution in [0.25, 0.3) is 10.9 Å². The van der Waals surface area contributed by atoms with Crippen LogP contribution < -0.4 is 0 Å². The third-order valence-corrected chi connectivity index (χ3v) is 5.49. The van der Waals surface area contributed by atoms with Gasteiger partial charge in [-0.05, 0) is 36.4 Å². The van der Waals surface area contributed by atoms with E-state index in [0.717, 1.165) is 6.07 Å². The largest absolute Gasteiger partial charge is 0.418 e. The first kappa shape index (κ1) is 22.0. The summed E-state index contributed by atoms with van der Waals surface area (Å²) in [5, 5.41) is -0.171. The normalized spacial score (nSPS) is 11.7. The number of pyridine rings is 1. The number of carbonyl (C=O) groups is 2. The van der Waals surface area contributed by atoms with Gasteiger partial charge < -0.3 is 0 Å². The molecule has 0 amide bonds. The highest BCUT2D eigenvalue weighted by Gasteiger charge is 2.35. The summed E-state index contributed by atoms with van der Waals surface area (Å²) in [4.78, 5) is 29.1. The zero-order chi connectivity index (χ0) is 21.5. The number of aromatic nitrogens is 1. The highest BCUT2D eigenvalue weighted by atomic mass is 79.9. The number of benzene rings is 2. The Morgan fingerprint density at radius 3 is 2.28 bits per heavy atom. The van der Waals surface area contributed by atoms with Gasteiger partial charge in [0.05, 0.1) is 26.5 Å². The first-order valence-corrected chi connectivity index (χ1v) is 10.1. The van der Waals surface area contributed by atoms with Crippen LogP contribution in [-0.2, 0) is 6.18 Å². The van der Waals surface area contributed by atoms with E-state index in [1.54, 1.807) is 0 Å². The molecule has 0 aliphatic rings. The van der Waals surface area contributed by atoms with E-state index in [1.165, 1.54) is 24.3 Å². The van der Waals surface area contributed by atoms with Gasteiger partial charge in [-0.25, -0.2) is 4.98 Å². The van der Waals surface area contributed by atoms with Gasteiger partial charge in [0.1, 0.15) is 5.69 Å². The van der Waals surface area contributed by atoms with Crippen molar-refractivity contribution in [1.82, 2.24) is 4.98 Å². The van der Waals surface area contributed by atoms with Crippen molar-refractivity contribution in [3.05, 3.63) is 73.9 Å². The molecule has 3 nitrogen and oxygen atoms in total. The van der Waals surface area contributed by atoms with E-state index in [0.29, 0.717) is 6.07 Å². The highest BCUT2D eigenvalue weighted by molar-refractivity contribution is 9.09. The molecule has 1 heterocycles. The molecular formula is C19H8BrCl3F3NO2. The highest BCUT2D eigenvalue weighted by Crippen LogP contribution is 2.37. The minimum Gasteiger partial charge on any atom is -0.293 e. The number of ketones is 2. The van der Waals surface area contributed by atoms with Gasteiger partial charge in [-0.15, -0.1) is 0 Å². The quantitative estimate of drug-likeness (QED) is 0.272. The van der Waals surface area contributed by atoms with E-state index in [1.807, 2.05) is 0 Å². The van der Waals surface area contributed by atoms with Crippen molar-refractivity contribution < 1.29 is 22.8 Å². The predicted octanol–water partition coefficient (Wildman–Crippen LogP) is 7.02. The first-order valence-electron chi connectivity index (χ1n) is 7.83. The molecule has 2 aromatic carbocycles. The van der Waals surface area contributed by atoms with Crippen molar-refractivity contribution >= 4 is 73.2 Å². The third kappa shape index (κ3) is 4.43. The van der Waals surface area contributed by atoms with Crippen LogP contribution in [0.1, 0.15) is 32.0 Å². The molecule has 0 radical (unpaired) electrons. The summed E-state index contributed by atoms with van der Waals surface area (Å²) in [6, 6.07) is 7.07. The molecule has 0 saturated heterocycles. The van der Waals surface area contributed by atoms with Crippen LogP contribution in [-0.4, -0.2) is 21.9 Å². The van der Waals surface area contributed by atoms with Gasteiger partial charge in [-0.1, -0.05) is 50.7 Å². The molecule has 0 unspecified atom stereocenters. The van der Waals surface area contributed by atoms with Crippen LogP contribution in [0.15, 0.2) is 36.4 Å². The van der Waals surface area contributed by atoms with E-state index in [2.05, 4.69) is 20.9 Å². The minimum absolute atomic E-state index is 0.0611. The van der Waals surface area contributed by atoms with Crippen molar-refractivity contribution in [3.63, 3.8) is 0 Å². The lowest BCUT2D eigenvalue weighted by molar-refractivity contribution is -0.136. The number of halogens is 7. The Hall–Kier alpha value is -1.67. The summed E-state index contributed by atoms with van der Waals surface area (Å²) in [5.41, 5.74) is -2.08. The standard InChI is InChI=1S/C19H8BrCl3F3NO2/c20-7-16(28)10-6-15(18(29)8-1-2-13(22)14(23)3-8)27-17-11(10)4-9(21)5-12(17)19(24,25)26/h1-6H,7H2. The van der Waals surface area contributed by atoms with E-state index in [-0.39, 0.29) is 42.6 Å². The molecule has 0 atom stereocenters. The maximum atomic E-state index is 13.6. The van der Waals surface area contributed by atoms with Gasteiger partial charge in [0.25, 0.3) is 0 Å². The average molecular weight is 526 g/mol. The molecule has 150 valence electrons. The molecule has 0 aliphatic heterocycles. The molecule has 0 saturated carbocycles. The van der Waals surface area contributed by atoms with Gasteiger partial charge in [-0.2, -0.15) is 13.2 Å². The lowest BCUT2D eigenvalue weighted by Crippen LogP contribution is -2.13. The molecule has 0 N–H and O–H groups in total. The molecule has 10 heteroatoms. The van der Waals surface area contributed by atoms with Gasteiger partial charge in [-0.3, -0.25) is 9.59 Å². The zero-order valence-electron chi connectivity index (χ0n) is 14.1. The van der Waals surface area contributed by atoms with E-state index in [4.69, 9.17) is 34.8 Å². The molecule has 0 spiro atoms. The fourth-order valence-corrected chi connectivity index (χ4v) is 3.53. The average Bonchev–Trinajstić information content (AvgIpc) is 2.66. The fourth-order valence-electron chi connectivity index (χ4n) is 2.71. The van der Waals surface area contributed by atoms with E-state index in [9.17, 15) is 22.8 Å². The van der Waals surface area contributed by atoms with Crippen molar-refractivity contribution in [2.24, 2.45) is 0 Å². The second-order valence-corrected chi connectivity index (χ2v) is 7.73. The summed E-state index contributed by atoms with van der Waals surface area (Å²) in [6.45, 7) is 0. The molecular weight excluding hydrogens is 517 g/mol. The maximum Gasteiger partial charge on any atom is 0.418 e. The molecule has 0 fully saturated rings. The zero-order valence-corrected chi connectivity index (χ0v) is 17.9. The van der Waals surface area contributed by atoms with Crippen LogP contribution in [0, 0.1) is 0 Å². The molecule has 3 rings (SSSR count). The summed E-state index contributed by atoms with van der Waals surface area (Å²) in [6.07, 6.45) is -4.80. The van der Waals surface area contributed by atoms with Crippen molar-refractivity contribution in [3.8, 4) is 0 Å². The summed E-state index contributed by atoms with van der Waals surface area (Å²) >= 11 is 20.6. The summed E-state index contributed by atoms with van der Waals surface area (Å²) in [7, 11) is 0. The lowest BCUT2D eigenvalue weighted by atomic mass is 9.98. The van der Waals surface area contributed by atoms with E-state index < -0.39 is 28.8 Å². The van der Waals surface area contributed by atoms with Crippen molar-refractivity contribution in [2.45, 2.75) is 6.18 Å². The number of rotatable bonds is 4. The summed E-state index contributed by atoms with van der Waals surface area (Å²) in [5.74, 6) is -1.24. The third-order valence-electron chi connectivity index (χ3n) is 4.02. The first-order chi connectivity index (χ1) is 13.5. The number of carbonyl (C=O) groups excluding carboxylic acids is 2. The summed E-state index contributed by atoms with van der Waals surface area (Å²) < 4.78 is 40.7. The van der Waals surface area contributed by atoms with Gasteiger partial charge in [0.15, 0.2) is 5.78 Å². The second kappa shape index (κ2) is 8.22. The topological polar surface area (TPSA) is 47.0 Å². The Balaban J connectivity index is 2.33. The Labute approximate surface area is 185 Å². The second-order valence-electron chi connectivity index (χ2n) is 5.92. The Morgan fingerprint density at radius 1 is 1.00 bits per heavy atom. The predicted molar refractivity (Wildman–Crippen MR) is 110 cm³/mol. The van der Waals surface area contributed by atoms with E-state index >= 15 is 0 Å². The Bertz CT molecular complexity index is 1170. The van der Waals surface area contributed by atoms with Crippen molar-refractivity contribution in [2.75, 3.05) is 5.33 Å². The van der Waals surface area contributed by atoms with Gasteiger partial charge >= 0.3 is 6.18 Å². The van der Waals surface area contributed by atoms with Crippen LogP contribution in [0.2, 0.25) is 15.1 Å². The molecule has 0 aliphatic carbocycles. The molecule has 1 aromatic heterocycles. The smallest absolute Gasteiger partial charge is 0.293 e. The van der Waals surface area contributed by atoms with Crippen LogP contribution in [0.3, 0.4) is 0 Å². The van der Waals surface area contributed by atoms with Gasteiger partial charge in [0, 0.05) is 21.5 Å². The number of nitrogens with zero attached hydrogens (tertiary/aromatic N) is 1. The number of fused-ring (bicyclic) bond motifs is 1. The minimum atomic E-state index is -4.80. The number of hydrogen-bond acceptors (Lipinski definition) is 3. The van der Waals surface area contributed by atoms with Crippen LogP contribution >= 0.6 is 50.7 Å². The number of hydrogen-bond donors (Lipinski definition) is 0.